The van der Waals surface area contributed by atoms with E-state index in [-0.39, 0.29) is 0 Å². The lowest BCUT2D eigenvalue weighted by molar-refractivity contribution is 0.112. The fourth-order valence-corrected chi connectivity index (χ4v) is 1.14. The minimum atomic E-state index is 0.500. The lowest BCUT2D eigenvalue weighted by atomic mass is 10.3. The number of aryl methyl sites for hydroxylation is 1. The molecular formula is C8H8N4O. The molecule has 0 saturated carbocycles. The van der Waals surface area contributed by atoms with Gasteiger partial charge in [0.2, 0.25) is 0 Å². The number of carbonyl (C=O) groups excluding carboxylic acids is 1. The van der Waals surface area contributed by atoms with Crippen molar-refractivity contribution in [1.82, 2.24) is 19.8 Å². The molecule has 0 saturated heterocycles. The second-order valence-corrected chi connectivity index (χ2v) is 2.66. The minimum Gasteiger partial charge on any atom is -0.298 e. The molecule has 0 aromatic carbocycles. The molecule has 0 aliphatic heterocycles. The normalized spacial score (nSPS) is 10.5. The van der Waals surface area contributed by atoms with Gasteiger partial charge in [0.15, 0.2) is 11.9 Å². The molecule has 66 valence electrons. The van der Waals surface area contributed by atoms with Crippen molar-refractivity contribution in [1.29, 1.82) is 0 Å². The summed E-state index contributed by atoms with van der Waals surface area (Å²) in [6, 6.07) is 0. The van der Waals surface area contributed by atoms with E-state index in [1.54, 1.807) is 6.20 Å². The molecule has 2 aromatic rings. The maximum Gasteiger partial charge on any atom is 0.178 e. The van der Waals surface area contributed by atoms with Crippen molar-refractivity contribution in [3.63, 3.8) is 0 Å². The van der Waals surface area contributed by atoms with E-state index in [1.807, 2.05) is 6.92 Å². The lowest BCUT2D eigenvalue weighted by Gasteiger charge is -1.92. The average Bonchev–Trinajstić information content (AvgIpc) is 2.59. The Morgan fingerprint density at radius 3 is 3.15 bits per heavy atom. The minimum absolute atomic E-state index is 0.500. The molecule has 2 rings (SSSR count). The Bertz CT molecular complexity index is 448. The van der Waals surface area contributed by atoms with E-state index in [1.165, 1.54) is 10.7 Å². The Labute approximate surface area is 74.4 Å². The van der Waals surface area contributed by atoms with Gasteiger partial charge in [0.1, 0.15) is 5.69 Å². The predicted octanol–water partition coefficient (Wildman–Crippen LogP) is 0.499. The van der Waals surface area contributed by atoms with Gasteiger partial charge in [0, 0.05) is 12.4 Å². The number of hydrogen-bond donors (Lipinski definition) is 0. The molecule has 5 heteroatoms. The van der Waals surface area contributed by atoms with Crippen LogP contribution in [0.3, 0.4) is 0 Å². The molecule has 5 nitrogen and oxygen atoms in total. The number of rotatable bonds is 2. The summed E-state index contributed by atoms with van der Waals surface area (Å²) in [7, 11) is 0. The molecule has 0 unspecified atom stereocenters. The molecule has 0 bridgehead atoms. The fraction of sp³-hybridized carbons (Fsp3) is 0.250. The van der Waals surface area contributed by atoms with Crippen LogP contribution >= 0.6 is 0 Å². The monoisotopic (exact) mass is 176 g/mol. The van der Waals surface area contributed by atoms with Crippen LogP contribution in [0, 0.1) is 0 Å². The summed E-state index contributed by atoms with van der Waals surface area (Å²) in [6.45, 7) is 1.99. The van der Waals surface area contributed by atoms with Gasteiger partial charge in [-0.2, -0.15) is 0 Å². The van der Waals surface area contributed by atoms with Crippen LogP contribution in [0.2, 0.25) is 0 Å². The van der Waals surface area contributed by atoms with Crippen molar-refractivity contribution in [2.45, 2.75) is 13.3 Å². The van der Waals surface area contributed by atoms with Crippen molar-refractivity contribution in [3.05, 3.63) is 23.7 Å². The summed E-state index contributed by atoms with van der Waals surface area (Å²) in [6.07, 6.45) is 4.66. The fourth-order valence-electron chi connectivity index (χ4n) is 1.14. The van der Waals surface area contributed by atoms with E-state index in [0.717, 1.165) is 18.4 Å². The van der Waals surface area contributed by atoms with E-state index < -0.39 is 0 Å². The van der Waals surface area contributed by atoms with Gasteiger partial charge in [0.05, 0.1) is 5.56 Å². The molecule has 13 heavy (non-hydrogen) atoms. The van der Waals surface area contributed by atoms with Crippen molar-refractivity contribution < 1.29 is 4.79 Å². The zero-order valence-corrected chi connectivity index (χ0v) is 7.14. The van der Waals surface area contributed by atoms with Crippen molar-refractivity contribution in [3.8, 4) is 0 Å². The third-order valence-corrected chi connectivity index (χ3v) is 1.82. The second kappa shape index (κ2) is 2.93. The van der Waals surface area contributed by atoms with Gasteiger partial charge in [-0.05, 0) is 6.42 Å². The first-order chi connectivity index (χ1) is 6.35. The van der Waals surface area contributed by atoms with Crippen LogP contribution in [-0.2, 0) is 6.42 Å². The van der Waals surface area contributed by atoms with E-state index in [2.05, 4.69) is 15.3 Å². The molecule has 0 fully saturated rings. The van der Waals surface area contributed by atoms with Crippen LogP contribution in [0.4, 0.5) is 0 Å². The topological polar surface area (TPSA) is 60.2 Å². The number of fused-ring (bicyclic) bond motifs is 1. The second-order valence-electron chi connectivity index (χ2n) is 2.66. The summed E-state index contributed by atoms with van der Waals surface area (Å²) in [5.41, 5.74) is 2.06. The SMILES string of the molecule is CCc1nnn2cc(C=O)cnc12. The summed E-state index contributed by atoms with van der Waals surface area (Å²) >= 11 is 0. The lowest BCUT2D eigenvalue weighted by Crippen LogP contribution is -1.93. The standard InChI is InChI=1S/C8H8N4O/c1-2-7-8-9-3-6(5-13)4-12(8)11-10-7/h3-5H,2H2,1H3. The third-order valence-electron chi connectivity index (χ3n) is 1.82. The van der Waals surface area contributed by atoms with Crippen LogP contribution in [0.5, 0.6) is 0 Å². The van der Waals surface area contributed by atoms with Gasteiger partial charge in [-0.1, -0.05) is 12.1 Å². The maximum absolute atomic E-state index is 10.4. The Hall–Kier alpha value is -1.78. The van der Waals surface area contributed by atoms with Crippen LogP contribution in [-0.4, -0.2) is 26.1 Å². The highest BCUT2D eigenvalue weighted by molar-refractivity contribution is 5.74. The predicted molar refractivity (Wildman–Crippen MR) is 45.5 cm³/mol. The Kier molecular flexibility index (Phi) is 1.77. The van der Waals surface area contributed by atoms with Gasteiger partial charge < -0.3 is 0 Å². The Morgan fingerprint density at radius 2 is 2.46 bits per heavy atom. The molecule has 2 aromatic heterocycles. The third kappa shape index (κ3) is 1.18. The quantitative estimate of drug-likeness (QED) is 0.625. The first-order valence-corrected chi connectivity index (χ1v) is 4.00. The van der Waals surface area contributed by atoms with Gasteiger partial charge in [-0.25, -0.2) is 9.50 Å². The molecule has 0 N–H and O–H groups in total. The van der Waals surface area contributed by atoms with Crippen molar-refractivity contribution in [2.75, 3.05) is 0 Å². The van der Waals surface area contributed by atoms with Crippen LogP contribution in [0.25, 0.3) is 5.65 Å². The molecule has 0 amide bonds. The summed E-state index contributed by atoms with van der Waals surface area (Å²) in [5.74, 6) is 0. The van der Waals surface area contributed by atoms with Crippen molar-refractivity contribution >= 4 is 11.9 Å². The number of hydrogen-bond acceptors (Lipinski definition) is 4. The number of carbonyl (C=O) groups is 1. The first kappa shape index (κ1) is 7.85. The first-order valence-electron chi connectivity index (χ1n) is 4.00. The Morgan fingerprint density at radius 1 is 1.62 bits per heavy atom. The van der Waals surface area contributed by atoms with Crippen LogP contribution in [0.1, 0.15) is 23.0 Å². The summed E-state index contributed by atoms with van der Waals surface area (Å²) < 4.78 is 1.52. The van der Waals surface area contributed by atoms with Gasteiger partial charge in [-0.3, -0.25) is 4.79 Å². The zero-order valence-electron chi connectivity index (χ0n) is 7.14. The van der Waals surface area contributed by atoms with E-state index >= 15 is 0 Å². The van der Waals surface area contributed by atoms with Crippen LogP contribution in [0.15, 0.2) is 12.4 Å². The van der Waals surface area contributed by atoms with Gasteiger partial charge >= 0.3 is 0 Å². The van der Waals surface area contributed by atoms with E-state index in [4.69, 9.17) is 0 Å². The number of nitrogens with zero attached hydrogens (tertiary/aromatic N) is 4. The molecule has 0 aliphatic carbocycles. The van der Waals surface area contributed by atoms with Gasteiger partial charge in [-0.15, -0.1) is 5.10 Å². The average molecular weight is 176 g/mol. The van der Waals surface area contributed by atoms with Gasteiger partial charge in [0.25, 0.3) is 0 Å². The van der Waals surface area contributed by atoms with E-state index in [9.17, 15) is 4.79 Å². The zero-order chi connectivity index (χ0) is 9.26. The highest BCUT2D eigenvalue weighted by atomic mass is 16.1. The molecule has 0 aliphatic rings. The summed E-state index contributed by atoms with van der Waals surface area (Å²) in [5, 5.41) is 7.77. The van der Waals surface area contributed by atoms with E-state index in [0.29, 0.717) is 11.2 Å². The van der Waals surface area contributed by atoms with Crippen LogP contribution < -0.4 is 0 Å². The number of aldehydes is 1. The maximum atomic E-state index is 10.4. The smallest absolute Gasteiger partial charge is 0.178 e. The number of aromatic nitrogens is 4. The molecule has 0 spiro atoms. The Balaban J connectivity index is 2.67. The highest BCUT2D eigenvalue weighted by Gasteiger charge is 2.04. The summed E-state index contributed by atoms with van der Waals surface area (Å²) in [4.78, 5) is 14.5. The molecule has 0 radical (unpaired) electrons. The molecule has 0 atom stereocenters. The largest absolute Gasteiger partial charge is 0.298 e. The molecule has 2 heterocycles. The highest BCUT2D eigenvalue weighted by Crippen LogP contribution is 2.04. The molecular weight excluding hydrogens is 168 g/mol. The van der Waals surface area contributed by atoms with Crippen molar-refractivity contribution in [2.24, 2.45) is 0 Å².